The van der Waals surface area contributed by atoms with E-state index < -0.39 is 0 Å². The molecule has 0 spiro atoms. The Morgan fingerprint density at radius 2 is 2.14 bits per heavy atom. The van der Waals surface area contributed by atoms with Crippen molar-refractivity contribution in [3.05, 3.63) is 40.3 Å². The Morgan fingerprint density at radius 1 is 1.33 bits per heavy atom. The van der Waals surface area contributed by atoms with Crippen molar-refractivity contribution >= 4 is 35.1 Å². The lowest BCUT2D eigenvalue weighted by Crippen LogP contribution is -2.23. The van der Waals surface area contributed by atoms with Gasteiger partial charge in [-0.1, -0.05) is 26.0 Å². The fourth-order valence-corrected chi connectivity index (χ4v) is 3.36. The molecule has 1 aromatic carbocycles. The first kappa shape index (κ1) is 16.1. The fourth-order valence-electron chi connectivity index (χ4n) is 2.53. The Balaban J connectivity index is 0.00000161. The summed E-state index contributed by atoms with van der Waals surface area (Å²) in [4.78, 5) is 7.20. The van der Waals surface area contributed by atoms with Crippen molar-refractivity contribution < 1.29 is 0 Å². The second kappa shape index (κ2) is 7.14. The van der Waals surface area contributed by atoms with E-state index in [0.29, 0.717) is 5.92 Å². The van der Waals surface area contributed by atoms with Crippen molar-refractivity contribution in [3.63, 3.8) is 0 Å². The minimum Gasteiger partial charge on any atom is -0.383 e. The average Bonchev–Trinajstić information content (AvgIpc) is 2.82. The molecule has 3 rings (SSSR count). The molecule has 0 saturated carbocycles. The maximum Gasteiger partial charge on any atom is 0.0954 e. The van der Waals surface area contributed by atoms with Gasteiger partial charge in [-0.2, -0.15) is 0 Å². The summed E-state index contributed by atoms with van der Waals surface area (Å²) < 4.78 is 0. The van der Waals surface area contributed by atoms with Gasteiger partial charge in [0.25, 0.3) is 0 Å². The molecule has 0 bridgehead atoms. The number of halogens is 1. The van der Waals surface area contributed by atoms with E-state index in [9.17, 15) is 0 Å². The molecule has 0 radical (unpaired) electrons. The van der Waals surface area contributed by atoms with Crippen LogP contribution < -0.4 is 10.2 Å². The summed E-state index contributed by atoms with van der Waals surface area (Å²) in [6.07, 6.45) is 1.16. The standard InChI is InChI=1S/C16H21N3S.ClH/c1-12(2)16-18-13(11-20-16)10-19-9-5-8-17-14-6-3-4-7-15(14)19;/h3-4,6-7,11-12,17H,5,8-10H2,1-2H3;1H. The molecule has 0 aliphatic carbocycles. The first-order valence-corrected chi connectivity index (χ1v) is 8.14. The Bertz CT molecular complexity index is 582. The van der Waals surface area contributed by atoms with E-state index in [-0.39, 0.29) is 12.4 Å². The molecule has 3 nitrogen and oxygen atoms in total. The summed E-state index contributed by atoms with van der Waals surface area (Å²) in [6.45, 7) is 7.43. The van der Waals surface area contributed by atoms with E-state index in [4.69, 9.17) is 4.98 Å². The van der Waals surface area contributed by atoms with Crippen LogP contribution in [0.15, 0.2) is 29.6 Å². The zero-order valence-electron chi connectivity index (χ0n) is 12.5. The maximum absolute atomic E-state index is 4.76. The van der Waals surface area contributed by atoms with E-state index in [1.54, 1.807) is 11.3 Å². The first-order chi connectivity index (χ1) is 9.74. The number of aromatic nitrogens is 1. The Labute approximate surface area is 136 Å². The lowest BCUT2D eigenvalue weighted by molar-refractivity contribution is 0.747. The second-order valence-electron chi connectivity index (χ2n) is 5.55. The molecule has 2 heterocycles. The highest BCUT2D eigenvalue weighted by Crippen LogP contribution is 2.29. The highest BCUT2D eigenvalue weighted by atomic mass is 35.5. The van der Waals surface area contributed by atoms with Crippen LogP contribution in [0, 0.1) is 0 Å². The highest BCUT2D eigenvalue weighted by molar-refractivity contribution is 7.09. The molecular weight excluding hydrogens is 302 g/mol. The lowest BCUT2D eigenvalue weighted by Gasteiger charge is -2.23. The number of fused-ring (bicyclic) bond motifs is 1. The molecule has 1 aliphatic heterocycles. The summed E-state index contributed by atoms with van der Waals surface area (Å²) in [6, 6.07) is 8.56. The van der Waals surface area contributed by atoms with Gasteiger partial charge in [0.15, 0.2) is 0 Å². The molecule has 21 heavy (non-hydrogen) atoms. The number of para-hydroxylation sites is 2. The largest absolute Gasteiger partial charge is 0.383 e. The van der Waals surface area contributed by atoms with Crippen molar-refractivity contribution in [3.8, 4) is 0 Å². The predicted molar refractivity (Wildman–Crippen MR) is 94.0 cm³/mol. The van der Waals surface area contributed by atoms with Gasteiger partial charge in [-0.3, -0.25) is 0 Å². The zero-order valence-corrected chi connectivity index (χ0v) is 14.1. The summed E-state index contributed by atoms with van der Waals surface area (Å²) >= 11 is 1.78. The number of anilines is 2. The van der Waals surface area contributed by atoms with Gasteiger partial charge in [-0.25, -0.2) is 4.98 Å². The van der Waals surface area contributed by atoms with Gasteiger partial charge < -0.3 is 10.2 Å². The van der Waals surface area contributed by atoms with Crippen LogP contribution in [-0.2, 0) is 6.54 Å². The monoisotopic (exact) mass is 323 g/mol. The predicted octanol–water partition coefficient (Wildman–Crippen LogP) is 4.51. The van der Waals surface area contributed by atoms with Gasteiger partial charge in [0.05, 0.1) is 28.6 Å². The van der Waals surface area contributed by atoms with Crippen LogP contribution in [0.3, 0.4) is 0 Å². The molecule has 2 aromatic rings. The normalized spacial score (nSPS) is 14.1. The van der Waals surface area contributed by atoms with Crippen molar-refractivity contribution in [1.29, 1.82) is 0 Å². The van der Waals surface area contributed by atoms with Crippen molar-refractivity contribution in [2.24, 2.45) is 0 Å². The van der Waals surface area contributed by atoms with E-state index in [1.807, 2.05) is 0 Å². The van der Waals surface area contributed by atoms with Crippen LogP contribution in [-0.4, -0.2) is 18.1 Å². The first-order valence-electron chi connectivity index (χ1n) is 7.26. The number of benzene rings is 1. The number of thiazole rings is 1. The van der Waals surface area contributed by atoms with Gasteiger partial charge in [0.2, 0.25) is 0 Å². The molecular formula is C16H22ClN3S. The minimum atomic E-state index is 0. The maximum atomic E-state index is 4.76. The minimum absolute atomic E-state index is 0. The highest BCUT2D eigenvalue weighted by Gasteiger charge is 2.16. The molecule has 114 valence electrons. The smallest absolute Gasteiger partial charge is 0.0954 e. The molecule has 0 amide bonds. The van der Waals surface area contributed by atoms with E-state index in [0.717, 1.165) is 26.1 Å². The number of nitrogens with one attached hydrogen (secondary N) is 1. The summed E-state index contributed by atoms with van der Waals surface area (Å²) in [5.41, 5.74) is 3.73. The Kier molecular flexibility index (Phi) is 5.48. The zero-order chi connectivity index (χ0) is 13.9. The molecule has 1 aromatic heterocycles. The van der Waals surface area contributed by atoms with Crippen LogP contribution in [0.25, 0.3) is 0 Å². The number of hydrogen-bond donors (Lipinski definition) is 1. The third kappa shape index (κ3) is 3.69. The van der Waals surface area contributed by atoms with Crippen LogP contribution in [0.4, 0.5) is 11.4 Å². The number of hydrogen-bond acceptors (Lipinski definition) is 4. The molecule has 0 fully saturated rings. The van der Waals surface area contributed by atoms with Crippen LogP contribution in [0.1, 0.15) is 36.9 Å². The molecule has 1 aliphatic rings. The summed E-state index contributed by atoms with van der Waals surface area (Å²) in [5.74, 6) is 0.520. The van der Waals surface area contributed by atoms with Gasteiger partial charge >= 0.3 is 0 Å². The summed E-state index contributed by atoms with van der Waals surface area (Å²) in [7, 11) is 0. The number of rotatable bonds is 3. The average molecular weight is 324 g/mol. The van der Waals surface area contributed by atoms with E-state index >= 15 is 0 Å². The van der Waals surface area contributed by atoms with Gasteiger partial charge in [-0.05, 0) is 18.6 Å². The fraction of sp³-hybridized carbons (Fsp3) is 0.438. The van der Waals surface area contributed by atoms with Crippen molar-refractivity contribution in [2.75, 3.05) is 23.3 Å². The number of nitrogens with zero attached hydrogens (tertiary/aromatic N) is 2. The van der Waals surface area contributed by atoms with Gasteiger partial charge in [0, 0.05) is 24.4 Å². The second-order valence-corrected chi connectivity index (χ2v) is 6.44. The van der Waals surface area contributed by atoms with Gasteiger partial charge in [-0.15, -0.1) is 23.7 Å². The Hall–Kier alpha value is -1.26. The van der Waals surface area contributed by atoms with E-state index in [2.05, 4.69) is 53.7 Å². The van der Waals surface area contributed by atoms with Crippen LogP contribution in [0.5, 0.6) is 0 Å². The van der Waals surface area contributed by atoms with E-state index in [1.165, 1.54) is 22.1 Å². The lowest BCUT2D eigenvalue weighted by atomic mass is 10.2. The summed E-state index contributed by atoms with van der Waals surface area (Å²) in [5, 5.41) is 6.95. The third-order valence-electron chi connectivity index (χ3n) is 3.58. The van der Waals surface area contributed by atoms with Crippen LogP contribution in [0.2, 0.25) is 0 Å². The SMILES string of the molecule is CC(C)c1nc(CN2CCCNc3ccccc32)cs1.Cl. The molecule has 0 atom stereocenters. The van der Waals surface area contributed by atoms with Gasteiger partial charge in [0.1, 0.15) is 0 Å². The molecule has 1 N–H and O–H groups in total. The van der Waals surface area contributed by atoms with Crippen molar-refractivity contribution in [2.45, 2.75) is 32.7 Å². The van der Waals surface area contributed by atoms with Crippen molar-refractivity contribution in [1.82, 2.24) is 4.98 Å². The Morgan fingerprint density at radius 3 is 2.90 bits per heavy atom. The quantitative estimate of drug-likeness (QED) is 0.900. The molecule has 0 saturated heterocycles. The molecule has 0 unspecified atom stereocenters. The topological polar surface area (TPSA) is 28.2 Å². The molecule has 5 heteroatoms. The van der Waals surface area contributed by atoms with Crippen LogP contribution >= 0.6 is 23.7 Å². The third-order valence-corrected chi connectivity index (χ3v) is 4.78.